The van der Waals surface area contributed by atoms with E-state index in [0.29, 0.717) is 16.1 Å². The molecule has 5 nitrogen and oxygen atoms in total. The van der Waals surface area contributed by atoms with Crippen LogP contribution in [0.25, 0.3) is 11.1 Å². The van der Waals surface area contributed by atoms with Crippen molar-refractivity contribution >= 4 is 34.3 Å². The van der Waals surface area contributed by atoms with Crippen molar-refractivity contribution in [3.8, 4) is 0 Å². The minimum absolute atomic E-state index is 0.147. The summed E-state index contributed by atoms with van der Waals surface area (Å²) < 4.78 is 6.60. The maximum atomic E-state index is 12.2. The van der Waals surface area contributed by atoms with Crippen molar-refractivity contribution in [2.75, 3.05) is 5.32 Å². The molecule has 1 amide bonds. The number of benzene rings is 2. The fraction of sp³-hybridized carbons (Fsp3) is 0.222. The lowest BCUT2D eigenvalue weighted by Crippen LogP contribution is -2.20. The maximum Gasteiger partial charge on any atom is 0.419 e. The van der Waals surface area contributed by atoms with Crippen molar-refractivity contribution in [1.82, 2.24) is 4.57 Å². The Morgan fingerprint density at radius 3 is 2.83 bits per heavy atom. The van der Waals surface area contributed by atoms with Gasteiger partial charge in [-0.1, -0.05) is 36.7 Å². The minimum atomic E-state index is -0.492. The van der Waals surface area contributed by atoms with Crippen LogP contribution < -0.4 is 11.1 Å². The molecule has 0 saturated heterocycles. The van der Waals surface area contributed by atoms with Gasteiger partial charge in [-0.3, -0.25) is 9.36 Å². The molecule has 0 aliphatic rings. The number of halogens is 1. The van der Waals surface area contributed by atoms with Gasteiger partial charge < -0.3 is 9.73 Å². The van der Waals surface area contributed by atoms with E-state index in [1.165, 1.54) is 4.57 Å². The number of carbonyl (C=O) groups is 1. The van der Waals surface area contributed by atoms with Crippen LogP contribution in [0.1, 0.15) is 18.9 Å². The van der Waals surface area contributed by atoms with Crippen molar-refractivity contribution in [2.45, 2.75) is 26.3 Å². The van der Waals surface area contributed by atoms with Crippen LogP contribution in [0.2, 0.25) is 5.02 Å². The van der Waals surface area contributed by atoms with Gasteiger partial charge >= 0.3 is 5.76 Å². The Hall–Kier alpha value is -2.53. The molecule has 0 aliphatic heterocycles. The number of aromatic nitrogens is 1. The number of amides is 1. The second kappa shape index (κ2) is 6.93. The Balaban J connectivity index is 1.73. The number of hydrogen-bond acceptors (Lipinski definition) is 3. The van der Waals surface area contributed by atoms with E-state index in [1.807, 2.05) is 31.2 Å². The molecule has 2 aromatic carbocycles. The molecule has 0 bridgehead atoms. The van der Waals surface area contributed by atoms with Crippen molar-refractivity contribution in [3.05, 3.63) is 63.6 Å². The third-order valence-electron chi connectivity index (χ3n) is 3.87. The van der Waals surface area contributed by atoms with Crippen LogP contribution in [0.5, 0.6) is 0 Å². The van der Waals surface area contributed by atoms with E-state index in [0.717, 1.165) is 17.7 Å². The Morgan fingerprint density at radius 1 is 1.25 bits per heavy atom. The third-order valence-corrected chi connectivity index (χ3v) is 4.10. The molecule has 124 valence electrons. The maximum absolute atomic E-state index is 12.2. The number of para-hydroxylation sites is 1. The molecule has 6 heteroatoms. The number of carbonyl (C=O) groups excluding carboxylic acids is 1. The number of hydrogen-bond donors (Lipinski definition) is 1. The summed E-state index contributed by atoms with van der Waals surface area (Å²) in [6.45, 7) is 2.28. The Kier molecular flexibility index (Phi) is 4.71. The summed E-state index contributed by atoms with van der Waals surface area (Å²) in [5.74, 6) is -0.639. The zero-order chi connectivity index (χ0) is 17.1. The number of nitrogens with zero attached hydrogens (tertiary/aromatic N) is 1. The minimum Gasteiger partial charge on any atom is -0.408 e. The van der Waals surface area contributed by atoms with Crippen molar-refractivity contribution < 1.29 is 9.21 Å². The van der Waals surface area contributed by atoms with Gasteiger partial charge in [0.25, 0.3) is 0 Å². The van der Waals surface area contributed by atoms with Gasteiger partial charge in [0.1, 0.15) is 0 Å². The molecule has 0 saturated carbocycles. The van der Waals surface area contributed by atoms with Gasteiger partial charge in [-0.15, -0.1) is 0 Å². The predicted molar refractivity (Wildman–Crippen MR) is 94.6 cm³/mol. The summed E-state index contributed by atoms with van der Waals surface area (Å²) >= 11 is 5.89. The summed E-state index contributed by atoms with van der Waals surface area (Å²) in [7, 11) is 0. The lowest BCUT2D eigenvalue weighted by atomic mass is 10.1. The monoisotopic (exact) mass is 344 g/mol. The van der Waals surface area contributed by atoms with E-state index in [-0.39, 0.29) is 18.9 Å². The zero-order valence-corrected chi connectivity index (χ0v) is 14.0. The fourth-order valence-corrected chi connectivity index (χ4v) is 2.79. The lowest BCUT2D eigenvalue weighted by Gasteiger charge is -2.09. The summed E-state index contributed by atoms with van der Waals surface area (Å²) in [5, 5.41) is 3.39. The molecular weight excluding hydrogens is 328 g/mol. The van der Waals surface area contributed by atoms with Crippen molar-refractivity contribution in [1.29, 1.82) is 0 Å². The highest BCUT2D eigenvalue weighted by Gasteiger charge is 2.12. The molecule has 0 fully saturated rings. The summed E-state index contributed by atoms with van der Waals surface area (Å²) in [4.78, 5) is 24.1. The molecule has 0 unspecified atom stereocenters. The SMILES string of the molecule is CCc1ccccc1NC(=O)CCn1c(=O)oc2cc(Cl)ccc21. The van der Waals surface area contributed by atoms with Crippen LogP contribution in [0, 0.1) is 0 Å². The third kappa shape index (κ3) is 3.36. The van der Waals surface area contributed by atoms with E-state index in [2.05, 4.69) is 5.32 Å². The van der Waals surface area contributed by atoms with Gasteiger partial charge in [0.15, 0.2) is 5.58 Å². The first-order chi connectivity index (χ1) is 11.6. The van der Waals surface area contributed by atoms with Crippen LogP contribution in [-0.4, -0.2) is 10.5 Å². The summed E-state index contributed by atoms with van der Waals surface area (Å²) in [5.41, 5.74) is 2.93. The van der Waals surface area contributed by atoms with Gasteiger partial charge in [-0.2, -0.15) is 0 Å². The molecule has 3 rings (SSSR count). The predicted octanol–water partition coefficient (Wildman–Crippen LogP) is 3.84. The first kappa shape index (κ1) is 16.3. The number of aryl methyl sites for hydroxylation is 2. The number of fused-ring (bicyclic) bond motifs is 1. The van der Waals surface area contributed by atoms with E-state index in [9.17, 15) is 9.59 Å². The second-order valence-corrected chi connectivity index (χ2v) is 5.88. The quantitative estimate of drug-likeness (QED) is 0.764. The van der Waals surface area contributed by atoms with Crippen LogP contribution >= 0.6 is 11.6 Å². The molecule has 1 N–H and O–H groups in total. The molecule has 0 aliphatic carbocycles. The molecule has 0 atom stereocenters. The van der Waals surface area contributed by atoms with Gasteiger partial charge in [0.2, 0.25) is 5.91 Å². The average Bonchev–Trinajstić information content (AvgIpc) is 2.87. The molecule has 1 heterocycles. The van der Waals surface area contributed by atoms with Crippen LogP contribution in [-0.2, 0) is 17.8 Å². The normalized spacial score (nSPS) is 10.9. The molecule has 0 radical (unpaired) electrons. The van der Waals surface area contributed by atoms with Crippen LogP contribution in [0.3, 0.4) is 0 Å². The molecular formula is C18H17ClN2O3. The largest absolute Gasteiger partial charge is 0.419 e. The first-order valence-corrected chi connectivity index (χ1v) is 8.13. The van der Waals surface area contributed by atoms with E-state index in [1.54, 1.807) is 18.2 Å². The van der Waals surface area contributed by atoms with E-state index in [4.69, 9.17) is 16.0 Å². The average molecular weight is 345 g/mol. The van der Waals surface area contributed by atoms with Crippen LogP contribution in [0.4, 0.5) is 5.69 Å². The standard InChI is InChI=1S/C18H17ClN2O3/c1-2-12-5-3-4-6-14(12)20-17(22)9-10-21-15-8-7-13(19)11-16(15)24-18(21)23/h3-8,11H,2,9-10H2,1H3,(H,20,22). The van der Waals surface area contributed by atoms with Gasteiger partial charge in [0, 0.05) is 29.7 Å². The molecule has 3 aromatic rings. The Bertz CT molecular complexity index is 943. The van der Waals surface area contributed by atoms with E-state index >= 15 is 0 Å². The summed E-state index contributed by atoms with van der Waals surface area (Å²) in [6.07, 6.45) is 1.01. The molecule has 24 heavy (non-hydrogen) atoms. The van der Waals surface area contributed by atoms with Crippen molar-refractivity contribution in [3.63, 3.8) is 0 Å². The molecule has 0 spiro atoms. The number of oxazole rings is 1. The van der Waals surface area contributed by atoms with Crippen molar-refractivity contribution in [2.24, 2.45) is 0 Å². The number of anilines is 1. The van der Waals surface area contributed by atoms with Gasteiger partial charge in [0.05, 0.1) is 5.52 Å². The Morgan fingerprint density at radius 2 is 2.04 bits per heavy atom. The highest BCUT2D eigenvalue weighted by atomic mass is 35.5. The second-order valence-electron chi connectivity index (χ2n) is 5.44. The number of nitrogens with one attached hydrogen (secondary N) is 1. The van der Waals surface area contributed by atoms with Crippen LogP contribution in [0.15, 0.2) is 51.7 Å². The Labute approximate surface area is 143 Å². The number of rotatable bonds is 5. The zero-order valence-electron chi connectivity index (χ0n) is 13.2. The highest BCUT2D eigenvalue weighted by Crippen LogP contribution is 2.19. The summed E-state index contributed by atoms with van der Waals surface area (Å²) in [6, 6.07) is 12.7. The topological polar surface area (TPSA) is 64.2 Å². The fourth-order valence-electron chi connectivity index (χ4n) is 2.63. The molecule has 1 aromatic heterocycles. The van der Waals surface area contributed by atoms with Gasteiger partial charge in [-0.25, -0.2) is 4.79 Å². The lowest BCUT2D eigenvalue weighted by molar-refractivity contribution is -0.116. The van der Waals surface area contributed by atoms with E-state index < -0.39 is 5.76 Å². The highest BCUT2D eigenvalue weighted by molar-refractivity contribution is 6.31. The smallest absolute Gasteiger partial charge is 0.408 e. The first-order valence-electron chi connectivity index (χ1n) is 7.75. The van der Waals surface area contributed by atoms with Gasteiger partial charge in [-0.05, 0) is 30.2 Å².